The predicted octanol–water partition coefficient (Wildman–Crippen LogP) is 3.68. The Morgan fingerprint density at radius 3 is 2.44 bits per heavy atom. The van der Waals surface area contributed by atoms with E-state index in [1.54, 1.807) is 23.1 Å². The van der Waals surface area contributed by atoms with E-state index in [-0.39, 0.29) is 17.8 Å². The van der Waals surface area contributed by atoms with Crippen molar-refractivity contribution in [3.05, 3.63) is 59.2 Å². The molecule has 2 aliphatic heterocycles. The van der Waals surface area contributed by atoms with Crippen LogP contribution >= 0.6 is 0 Å². The highest BCUT2D eigenvalue weighted by Gasteiger charge is 2.42. The molecule has 0 bridgehead atoms. The molecule has 2 aromatic carbocycles. The van der Waals surface area contributed by atoms with Gasteiger partial charge in [-0.15, -0.1) is 0 Å². The van der Waals surface area contributed by atoms with E-state index in [0.717, 1.165) is 17.7 Å². The number of nitrogens with one attached hydrogen (secondary N) is 1. The Hall–Kier alpha value is -3.15. The second-order valence-electron chi connectivity index (χ2n) is 7.84. The average molecular weight is 363 g/mol. The summed E-state index contributed by atoms with van der Waals surface area (Å²) in [4.78, 5) is 40.9. The van der Waals surface area contributed by atoms with Crippen molar-refractivity contribution in [2.45, 2.75) is 32.7 Å². The van der Waals surface area contributed by atoms with Crippen LogP contribution in [0.4, 0.5) is 16.2 Å². The number of anilines is 2. The van der Waals surface area contributed by atoms with Crippen LogP contribution in [0.15, 0.2) is 42.5 Å². The summed E-state index contributed by atoms with van der Waals surface area (Å²) in [5.74, 6) is -0.626. The Morgan fingerprint density at radius 1 is 1.00 bits per heavy atom. The van der Waals surface area contributed by atoms with Gasteiger partial charge in [0.05, 0.1) is 11.1 Å². The molecule has 1 N–H and O–H groups in total. The number of carbonyl (C=O) groups is 3. The molecular formula is C21H21N3O3. The highest BCUT2D eigenvalue weighted by atomic mass is 16.2. The summed E-state index contributed by atoms with van der Waals surface area (Å²) >= 11 is 0. The van der Waals surface area contributed by atoms with Crippen LogP contribution in [-0.4, -0.2) is 34.8 Å². The van der Waals surface area contributed by atoms with E-state index in [9.17, 15) is 14.4 Å². The molecule has 6 nitrogen and oxygen atoms in total. The average Bonchev–Trinajstić information content (AvgIpc) is 3.14. The molecule has 0 saturated carbocycles. The molecule has 0 unspecified atom stereocenters. The van der Waals surface area contributed by atoms with Gasteiger partial charge >= 0.3 is 6.03 Å². The number of carbonyl (C=O) groups excluding carboxylic acids is 3. The van der Waals surface area contributed by atoms with E-state index >= 15 is 0 Å². The maximum absolute atomic E-state index is 12.7. The molecule has 27 heavy (non-hydrogen) atoms. The van der Waals surface area contributed by atoms with Gasteiger partial charge in [-0.2, -0.15) is 0 Å². The molecule has 6 heteroatoms. The molecule has 0 aliphatic carbocycles. The number of imide groups is 1. The fourth-order valence-corrected chi connectivity index (χ4v) is 3.67. The van der Waals surface area contributed by atoms with Crippen molar-refractivity contribution in [2.75, 3.05) is 16.8 Å². The minimum Gasteiger partial charge on any atom is -0.308 e. The smallest absolute Gasteiger partial charge is 0.308 e. The molecule has 2 aliphatic rings. The molecule has 4 rings (SSSR count). The summed E-state index contributed by atoms with van der Waals surface area (Å²) in [6.45, 7) is 6.08. The first kappa shape index (κ1) is 17.3. The maximum atomic E-state index is 12.7. The summed E-state index contributed by atoms with van der Waals surface area (Å²) in [6, 6.07) is 12.4. The number of urea groups is 1. The van der Waals surface area contributed by atoms with Gasteiger partial charge in [0.1, 0.15) is 0 Å². The lowest BCUT2D eigenvalue weighted by molar-refractivity contribution is 0.0507. The highest BCUT2D eigenvalue weighted by molar-refractivity contribution is 6.22. The molecule has 0 spiro atoms. The van der Waals surface area contributed by atoms with Gasteiger partial charge in [0.25, 0.3) is 11.8 Å². The predicted molar refractivity (Wildman–Crippen MR) is 103 cm³/mol. The van der Waals surface area contributed by atoms with Gasteiger partial charge in [0.15, 0.2) is 0 Å². The summed E-state index contributed by atoms with van der Waals surface area (Å²) in [7, 11) is 0. The Morgan fingerprint density at radius 2 is 1.70 bits per heavy atom. The normalized spacial score (nSPS) is 15.8. The summed E-state index contributed by atoms with van der Waals surface area (Å²) in [5, 5.41) is 2.85. The Bertz CT molecular complexity index is 975. The van der Waals surface area contributed by atoms with Gasteiger partial charge in [0.2, 0.25) is 0 Å². The summed E-state index contributed by atoms with van der Waals surface area (Å²) in [5.41, 5.74) is 2.65. The number of para-hydroxylation sites is 1. The molecule has 0 atom stereocenters. The first-order chi connectivity index (χ1) is 12.8. The lowest BCUT2D eigenvalue weighted by Gasteiger charge is -2.29. The zero-order chi connectivity index (χ0) is 19.3. The molecule has 2 heterocycles. The molecule has 138 valence electrons. The maximum Gasteiger partial charge on any atom is 0.326 e. The SMILES string of the molecule is CC(C)(C)N1C(=O)c2ccc(NC(=O)N3CCc4ccccc43)cc2C1=O. The number of rotatable bonds is 1. The van der Waals surface area contributed by atoms with Crippen molar-refractivity contribution in [2.24, 2.45) is 0 Å². The van der Waals surface area contributed by atoms with Gasteiger partial charge in [-0.25, -0.2) is 4.79 Å². The van der Waals surface area contributed by atoms with Crippen LogP contribution in [-0.2, 0) is 6.42 Å². The van der Waals surface area contributed by atoms with E-state index in [0.29, 0.717) is 23.4 Å². The van der Waals surface area contributed by atoms with Crippen molar-refractivity contribution >= 4 is 29.2 Å². The zero-order valence-electron chi connectivity index (χ0n) is 15.6. The van der Waals surface area contributed by atoms with Crippen LogP contribution in [0.2, 0.25) is 0 Å². The number of hydrogen-bond acceptors (Lipinski definition) is 3. The molecule has 0 saturated heterocycles. The first-order valence-corrected chi connectivity index (χ1v) is 8.97. The van der Waals surface area contributed by atoms with Gasteiger partial charge in [-0.1, -0.05) is 18.2 Å². The Balaban J connectivity index is 1.58. The van der Waals surface area contributed by atoms with E-state index in [1.807, 2.05) is 45.0 Å². The standard InChI is InChI=1S/C21H21N3O3/c1-21(2,3)24-18(25)15-9-8-14(12-16(15)19(24)26)22-20(27)23-11-10-13-6-4-5-7-17(13)23/h4-9,12H,10-11H2,1-3H3,(H,22,27). The van der Waals surface area contributed by atoms with Crippen molar-refractivity contribution in [1.82, 2.24) is 4.90 Å². The van der Waals surface area contributed by atoms with Crippen LogP contribution in [0.25, 0.3) is 0 Å². The molecule has 0 radical (unpaired) electrons. The Labute approximate surface area is 157 Å². The monoisotopic (exact) mass is 363 g/mol. The van der Waals surface area contributed by atoms with Gasteiger partial charge in [-0.05, 0) is 57.0 Å². The minimum atomic E-state index is -0.601. The molecule has 0 aromatic heterocycles. The van der Waals surface area contributed by atoms with Gasteiger partial charge in [-0.3, -0.25) is 19.4 Å². The molecular weight excluding hydrogens is 342 g/mol. The highest BCUT2D eigenvalue weighted by Crippen LogP contribution is 2.32. The minimum absolute atomic E-state index is 0.246. The van der Waals surface area contributed by atoms with Crippen LogP contribution < -0.4 is 10.2 Å². The number of hydrogen-bond donors (Lipinski definition) is 1. The summed E-state index contributed by atoms with van der Waals surface area (Å²) in [6.07, 6.45) is 0.821. The van der Waals surface area contributed by atoms with E-state index in [4.69, 9.17) is 0 Å². The van der Waals surface area contributed by atoms with Crippen molar-refractivity contribution < 1.29 is 14.4 Å². The van der Waals surface area contributed by atoms with Crippen LogP contribution in [0.3, 0.4) is 0 Å². The van der Waals surface area contributed by atoms with E-state index < -0.39 is 5.54 Å². The van der Waals surface area contributed by atoms with Crippen molar-refractivity contribution in [3.63, 3.8) is 0 Å². The lowest BCUT2D eigenvalue weighted by Crippen LogP contribution is -2.45. The fourth-order valence-electron chi connectivity index (χ4n) is 3.67. The number of nitrogens with zero attached hydrogens (tertiary/aromatic N) is 2. The molecule has 2 aromatic rings. The van der Waals surface area contributed by atoms with Crippen LogP contribution in [0, 0.1) is 0 Å². The van der Waals surface area contributed by atoms with Crippen molar-refractivity contribution in [3.8, 4) is 0 Å². The summed E-state index contributed by atoms with van der Waals surface area (Å²) < 4.78 is 0. The second-order valence-corrected chi connectivity index (χ2v) is 7.84. The second kappa shape index (κ2) is 5.94. The third kappa shape index (κ3) is 2.77. The third-order valence-corrected chi connectivity index (χ3v) is 4.94. The van der Waals surface area contributed by atoms with Gasteiger partial charge < -0.3 is 5.32 Å². The van der Waals surface area contributed by atoms with Crippen LogP contribution in [0.5, 0.6) is 0 Å². The number of benzene rings is 2. The molecule has 4 amide bonds. The zero-order valence-corrected chi connectivity index (χ0v) is 15.6. The van der Waals surface area contributed by atoms with E-state index in [1.165, 1.54) is 4.90 Å². The number of fused-ring (bicyclic) bond motifs is 2. The molecule has 0 fully saturated rings. The Kier molecular flexibility index (Phi) is 3.80. The third-order valence-electron chi connectivity index (χ3n) is 4.94. The largest absolute Gasteiger partial charge is 0.326 e. The first-order valence-electron chi connectivity index (χ1n) is 8.97. The van der Waals surface area contributed by atoms with Crippen LogP contribution in [0.1, 0.15) is 47.1 Å². The lowest BCUT2D eigenvalue weighted by atomic mass is 10.1. The quantitative estimate of drug-likeness (QED) is 0.786. The van der Waals surface area contributed by atoms with E-state index in [2.05, 4.69) is 5.32 Å². The van der Waals surface area contributed by atoms with Gasteiger partial charge in [0, 0.05) is 23.5 Å². The topological polar surface area (TPSA) is 69.7 Å². The fraction of sp³-hybridized carbons (Fsp3) is 0.286. The number of amides is 4. The van der Waals surface area contributed by atoms with Crippen molar-refractivity contribution in [1.29, 1.82) is 0 Å².